The Kier molecular flexibility index (Phi) is 5.26. The number of anilines is 1. The van der Waals surface area contributed by atoms with Crippen LogP contribution in [0.1, 0.15) is 49.8 Å². The minimum absolute atomic E-state index is 0.142. The summed E-state index contributed by atoms with van der Waals surface area (Å²) in [6.07, 6.45) is 7.31. The summed E-state index contributed by atoms with van der Waals surface area (Å²) in [5.41, 5.74) is 3.10. The van der Waals surface area contributed by atoms with E-state index in [0.29, 0.717) is 18.5 Å². The van der Waals surface area contributed by atoms with Crippen LogP contribution in [-0.2, 0) is 4.74 Å². The molecule has 1 atom stereocenters. The fraction of sp³-hybridized carbons (Fsp3) is 0.611. The van der Waals surface area contributed by atoms with Crippen LogP contribution in [0.15, 0.2) is 12.4 Å². The molecule has 0 aromatic carbocycles. The van der Waals surface area contributed by atoms with Gasteiger partial charge in [-0.1, -0.05) is 0 Å². The maximum Gasteiger partial charge on any atom is 0.223 e. The number of aliphatic hydroxyl groups excluding tert-OH is 1. The number of aliphatic hydroxyl groups is 1. The van der Waals surface area contributed by atoms with Crippen molar-refractivity contribution in [3.05, 3.63) is 23.7 Å². The molecule has 130 valence electrons. The number of rotatable bonds is 5. The highest BCUT2D eigenvalue weighted by Crippen LogP contribution is 2.36. The smallest absolute Gasteiger partial charge is 0.223 e. The van der Waals surface area contributed by atoms with Gasteiger partial charge >= 0.3 is 0 Å². The molecule has 0 radical (unpaired) electrons. The van der Waals surface area contributed by atoms with Gasteiger partial charge in [0.2, 0.25) is 5.95 Å². The van der Waals surface area contributed by atoms with E-state index in [1.165, 1.54) is 5.56 Å². The Hall–Kier alpha value is -1.79. The van der Waals surface area contributed by atoms with Gasteiger partial charge in [-0.2, -0.15) is 0 Å². The molecule has 2 aromatic heterocycles. The van der Waals surface area contributed by atoms with Gasteiger partial charge in [0.15, 0.2) is 0 Å². The summed E-state index contributed by atoms with van der Waals surface area (Å²) < 4.78 is 5.16. The number of ether oxygens (including phenoxy) is 1. The van der Waals surface area contributed by atoms with E-state index in [0.717, 1.165) is 42.3 Å². The first-order chi connectivity index (χ1) is 11.6. The minimum Gasteiger partial charge on any atom is -0.393 e. The first-order valence-electron chi connectivity index (χ1n) is 8.64. The lowest BCUT2D eigenvalue weighted by Gasteiger charge is -2.26. The van der Waals surface area contributed by atoms with Gasteiger partial charge < -0.3 is 15.2 Å². The SMILES string of the molecule is COC[C@H](C)Nc1ncc2c(C)ncc([C@H]3CC[C@H](O)CC3)c2n1. The van der Waals surface area contributed by atoms with Crippen molar-refractivity contribution >= 4 is 16.9 Å². The van der Waals surface area contributed by atoms with Crippen molar-refractivity contribution in [2.24, 2.45) is 0 Å². The van der Waals surface area contributed by atoms with Gasteiger partial charge in [0.25, 0.3) is 0 Å². The zero-order valence-corrected chi connectivity index (χ0v) is 14.6. The Balaban J connectivity index is 1.94. The Bertz CT molecular complexity index is 699. The van der Waals surface area contributed by atoms with E-state index in [1.54, 1.807) is 7.11 Å². The highest BCUT2D eigenvalue weighted by molar-refractivity contribution is 5.84. The van der Waals surface area contributed by atoms with Crippen molar-refractivity contribution in [3.63, 3.8) is 0 Å². The second-order valence-corrected chi connectivity index (χ2v) is 6.76. The number of nitrogens with zero attached hydrogens (tertiary/aromatic N) is 3. The van der Waals surface area contributed by atoms with E-state index < -0.39 is 0 Å². The molecule has 1 saturated carbocycles. The molecule has 0 aliphatic heterocycles. The molecule has 1 aliphatic carbocycles. The quantitative estimate of drug-likeness (QED) is 0.877. The monoisotopic (exact) mass is 330 g/mol. The lowest BCUT2D eigenvalue weighted by Crippen LogP contribution is -2.22. The molecule has 0 saturated heterocycles. The van der Waals surface area contributed by atoms with Crippen LogP contribution < -0.4 is 5.32 Å². The molecule has 6 nitrogen and oxygen atoms in total. The lowest BCUT2D eigenvalue weighted by molar-refractivity contribution is 0.122. The van der Waals surface area contributed by atoms with Crippen LogP contribution in [0.2, 0.25) is 0 Å². The van der Waals surface area contributed by atoms with Gasteiger partial charge in [0.05, 0.1) is 18.2 Å². The van der Waals surface area contributed by atoms with Crippen molar-refractivity contribution in [1.29, 1.82) is 0 Å². The fourth-order valence-electron chi connectivity index (χ4n) is 3.43. The van der Waals surface area contributed by atoms with Crippen molar-refractivity contribution < 1.29 is 9.84 Å². The highest BCUT2D eigenvalue weighted by atomic mass is 16.5. The summed E-state index contributed by atoms with van der Waals surface area (Å²) in [6.45, 7) is 4.63. The molecular formula is C18H26N4O2. The van der Waals surface area contributed by atoms with Crippen LogP contribution in [0, 0.1) is 6.92 Å². The molecule has 1 fully saturated rings. The molecule has 2 aromatic rings. The Morgan fingerprint density at radius 2 is 2.00 bits per heavy atom. The van der Waals surface area contributed by atoms with E-state index in [4.69, 9.17) is 9.72 Å². The molecular weight excluding hydrogens is 304 g/mol. The average molecular weight is 330 g/mol. The van der Waals surface area contributed by atoms with Crippen LogP contribution in [0.25, 0.3) is 10.9 Å². The van der Waals surface area contributed by atoms with Crippen LogP contribution in [0.5, 0.6) is 0 Å². The maximum absolute atomic E-state index is 9.76. The number of fused-ring (bicyclic) bond motifs is 1. The summed E-state index contributed by atoms with van der Waals surface area (Å²) in [4.78, 5) is 13.7. The molecule has 0 amide bonds. The molecule has 0 spiro atoms. The summed E-state index contributed by atoms with van der Waals surface area (Å²) in [5, 5.41) is 14.0. The molecule has 3 rings (SSSR count). The van der Waals surface area contributed by atoms with Crippen LogP contribution >= 0.6 is 0 Å². The van der Waals surface area contributed by atoms with Gasteiger partial charge in [-0.05, 0) is 45.4 Å². The summed E-state index contributed by atoms with van der Waals surface area (Å²) >= 11 is 0. The molecule has 24 heavy (non-hydrogen) atoms. The summed E-state index contributed by atoms with van der Waals surface area (Å²) in [6, 6.07) is 0.142. The molecule has 6 heteroatoms. The van der Waals surface area contributed by atoms with Gasteiger partial charge in [-0.15, -0.1) is 0 Å². The van der Waals surface area contributed by atoms with Gasteiger partial charge in [0, 0.05) is 42.2 Å². The minimum atomic E-state index is -0.160. The van der Waals surface area contributed by atoms with Crippen LogP contribution in [0.4, 0.5) is 5.95 Å². The first kappa shape index (κ1) is 17.0. The Morgan fingerprint density at radius 1 is 1.25 bits per heavy atom. The number of methoxy groups -OCH3 is 1. The van der Waals surface area contributed by atoms with E-state index in [1.807, 2.05) is 26.2 Å². The van der Waals surface area contributed by atoms with Crippen LogP contribution in [0.3, 0.4) is 0 Å². The second-order valence-electron chi connectivity index (χ2n) is 6.76. The molecule has 0 unspecified atom stereocenters. The number of pyridine rings is 1. The maximum atomic E-state index is 9.76. The van der Waals surface area contributed by atoms with E-state index >= 15 is 0 Å². The van der Waals surface area contributed by atoms with E-state index in [9.17, 15) is 5.11 Å². The average Bonchev–Trinajstić information content (AvgIpc) is 2.56. The number of hydrogen-bond donors (Lipinski definition) is 2. The lowest BCUT2D eigenvalue weighted by atomic mass is 9.82. The van der Waals surface area contributed by atoms with Crippen molar-refractivity contribution in [2.45, 2.75) is 57.6 Å². The first-order valence-corrected chi connectivity index (χ1v) is 8.64. The number of aryl methyl sites for hydroxylation is 1. The largest absolute Gasteiger partial charge is 0.393 e. The molecule has 1 aliphatic rings. The molecule has 2 heterocycles. The number of hydrogen-bond acceptors (Lipinski definition) is 6. The van der Waals surface area contributed by atoms with Gasteiger partial charge in [-0.25, -0.2) is 9.97 Å². The van der Waals surface area contributed by atoms with Gasteiger partial charge in [0.1, 0.15) is 0 Å². The van der Waals surface area contributed by atoms with Gasteiger partial charge in [-0.3, -0.25) is 4.98 Å². The third kappa shape index (κ3) is 3.65. The topological polar surface area (TPSA) is 80.2 Å². The number of aromatic nitrogens is 3. The second kappa shape index (κ2) is 7.40. The zero-order valence-electron chi connectivity index (χ0n) is 14.6. The number of nitrogens with one attached hydrogen (secondary N) is 1. The Morgan fingerprint density at radius 3 is 2.71 bits per heavy atom. The van der Waals surface area contributed by atoms with Crippen molar-refractivity contribution in [1.82, 2.24) is 15.0 Å². The normalized spacial score (nSPS) is 22.5. The third-order valence-electron chi connectivity index (χ3n) is 4.78. The standard InChI is InChI=1S/C18H26N4O2/c1-11(10-24-3)21-18-20-8-15-12(2)19-9-16(17(15)22-18)13-4-6-14(23)7-5-13/h8-9,11,13-14,23H,4-7,10H2,1-3H3,(H,20,21,22)/t11-,13-,14-/m0/s1. The van der Waals surface area contributed by atoms with E-state index in [2.05, 4.69) is 15.3 Å². The van der Waals surface area contributed by atoms with E-state index in [-0.39, 0.29) is 12.1 Å². The summed E-state index contributed by atoms with van der Waals surface area (Å²) in [7, 11) is 1.68. The zero-order chi connectivity index (χ0) is 17.1. The third-order valence-corrected chi connectivity index (χ3v) is 4.78. The molecule has 0 bridgehead atoms. The Labute approximate surface area is 142 Å². The predicted octanol–water partition coefficient (Wildman–Crippen LogP) is 2.80. The van der Waals surface area contributed by atoms with Crippen molar-refractivity contribution in [2.75, 3.05) is 19.0 Å². The highest BCUT2D eigenvalue weighted by Gasteiger charge is 2.24. The van der Waals surface area contributed by atoms with Crippen molar-refractivity contribution in [3.8, 4) is 0 Å². The fourth-order valence-corrected chi connectivity index (χ4v) is 3.43. The summed E-state index contributed by atoms with van der Waals surface area (Å²) in [5.74, 6) is 1.03. The molecule has 2 N–H and O–H groups in total. The predicted molar refractivity (Wildman–Crippen MR) is 94.2 cm³/mol. The van der Waals surface area contributed by atoms with Crippen LogP contribution in [-0.4, -0.2) is 45.9 Å².